The van der Waals surface area contributed by atoms with E-state index in [9.17, 15) is 18.0 Å². The molecule has 0 aromatic heterocycles. The second-order valence-electron chi connectivity index (χ2n) is 5.98. The van der Waals surface area contributed by atoms with E-state index in [1.54, 1.807) is 0 Å². The number of benzene rings is 1. The van der Waals surface area contributed by atoms with Crippen LogP contribution < -0.4 is 15.8 Å². The molecule has 1 rings (SSSR count). The van der Waals surface area contributed by atoms with Gasteiger partial charge in [-0.3, -0.25) is 4.79 Å². The molecule has 0 unspecified atom stereocenters. The van der Waals surface area contributed by atoms with E-state index in [4.69, 9.17) is 10.5 Å². The highest BCUT2D eigenvalue weighted by atomic mass is 35.5. The van der Waals surface area contributed by atoms with E-state index in [0.29, 0.717) is 0 Å². The third-order valence-corrected chi connectivity index (χ3v) is 3.07. The van der Waals surface area contributed by atoms with E-state index in [1.807, 2.05) is 20.8 Å². The van der Waals surface area contributed by atoms with Crippen molar-refractivity contribution in [2.24, 2.45) is 11.1 Å². The number of nitrogens with two attached hydrogens (primary N) is 1. The summed E-state index contributed by atoms with van der Waals surface area (Å²) in [5, 5.41) is 2.55. The zero-order valence-corrected chi connectivity index (χ0v) is 14.1. The molecular formula is C15H22ClF3N2O2. The lowest BCUT2D eigenvalue weighted by molar-refractivity contribution is -0.139. The fraction of sp³-hybridized carbons (Fsp3) is 0.533. The Labute approximate surface area is 140 Å². The number of hydrogen-bond acceptors (Lipinski definition) is 3. The van der Waals surface area contributed by atoms with Crippen molar-refractivity contribution < 1.29 is 22.7 Å². The molecule has 0 saturated heterocycles. The van der Waals surface area contributed by atoms with E-state index >= 15 is 0 Å². The van der Waals surface area contributed by atoms with Crippen LogP contribution in [0.2, 0.25) is 0 Å². The normalized spacial score (nSPS) is 13.0. The second kappa shape index (κ2) is 8.40. The highest BCUT2D eigenvalue weighted by Crippen LogP contribution is 2.35. The molecule has 0 saturated carbocycles. The summed E-state index contributed by atoms with van der Waals surface area (Å²) in [5.41, 5.74) is 4.53. The van der Waals surface area contributed by atoms with Crippen LogP contribution in [0.5, 0.6) is 5.75 Å². The van der Waals surface area contributed by atoms with Crippen LogP contribution in [0, 0.1) is 5.41 Å². The maximum atomic E-state index is 12.8. The minimum Gasteiger partial charge on any atom is -0.491 e. The topological polar surface area (TPSA) is 64.4 Å². The van der Waals surface area contributed by atoms with Gasteiger partial charge in [-0.15, -0.1) is 12.4 Å². The lowest BCUT2D eigenvalue weighted by Gasteiger charge is -2.25. The Morgan fingerprint density at radius 3 is 2.35 bits per heavy atom. The number of halogens is 4. The Bertz CT molecular complexity index is 516. The molecule has 8 heteroatoms. The van der Waals surface area contributed by atoms with Gasteiger partial charge in [-0.25, -0.2) is 0 Å². The molecule has 0 spiro atoms. The second-order valence-corrected chi connectivity index (χ2v) is 5.98. The van der Waals surface area contributed by atoms with Crippen LogP contribution in [0.25, 0.3) is 0 Å². The van der Waals surface area contributed by atoms with Crippen molar-refractivity contribution >= 4 is 18.3 Å². The lowest BCUT2D eigenvalue weighted by Crippen LogP contribution is -2.49. The number of ether oxygens (including phenoxy) is 1. The van der Waals surface area contributed by atoms with Gasteiger partial charge < -0.3 is 15.8 Å². The summed E-state index contributed by atoms with van der Waals surface area (Å²) in [6.07, 6.45) is -4.48. The third-order valence-electron chi connectivity index (χ3n) is 3.07. The first-order valence-corrected chi connectivity index (χ1v) is 6.86. The van der Waals surface area contributed by atoms with Crippen LogP contribution in [-0.2, 0) is 11.0 Å². The minimum absolute atomic E-state index is 0. The van der Waals surface area contributed by atoms with Crippen molar-refractivity contribution in [3.8, 4) is 5.75 Å². The third kappa shape index (κ3) is 6.66. The van der Waals surface area contributed by atoms with Crippen LogP contribution in [-0.4, -0.2) is 25.1 Å². The van der Waals surface area contributed by atoms with Crippen molar-refractivity contribution in [2.45, 2.75) is 33.0 Å². The van der Waals surface area contributed by atoms with E-state index < -0.39 is 23.2 Å². The Kier molecular flexibility index (Phi) is 7.86. The number of hydrogen-bond donors (Lipinski definition) is 2. The van der Waals surface area contributed by atoms with Gasteiger partial charge in [0.25, 0.3) is 0 Å². The van der Waals surface area contributed by atoms with E-state index in [1.165, 1.54) is 18.2 Å². The SMILES string of the molecule is CC(C)(C)[C@H](N)C(=O)NCCOc1ccccc1C(F)(F)F.Cl. The van der Waals surface area contributed by atoms with Gasteiger partial charge in [-0.2, -0.15) is 13.2 Å². The van der Waals surface area contributed by atoms with Crippen LogP contribution in [0.1, 0.15) is 26.3 Å². The molecule has 0 fully saturated rings. The molecule has 0 heterocycles. The van der Waals surface area contributed by atoms with Crippen molar-refractivity contribution in [3.63, 3.8) is 0 Å². The number of para-hydroxylation sites is 1. The number of amides is 1. The van der Waals surface area contributed by atoms with Gasteiger partial charge in [0.15, 0.2) is 0 Å². The number of carbonyl (C=O) groups is 1. The van der Waals surface area contributed by atoms with E-state index in [2.05, 4.69) is 5.32 Å². The summed E-state index contributed by atoms with van der Waals surface area (Å²) < 4.78 is 43.4. The molecule has 0 aliphatic carbocycles. The van der Waals surface area contributed by atoms with E-state index in [-0.39, 0.29) is 37.2 Å². The van der Waals surface area contributed by atoms with Crippen LogP contribution >= 0.6 is 12.4 Å². The number of rotatable bonds is 5. The fourth-order valence-electron chi connectivity index (χ4n) is 1.67. The molecule has 0 bridgehead atoms. The zero-order chi connectivity index (χ0) is 17.0. The number of nitrogens with one attached hydrogen (secondary N) is 1. The highest BCUT2D eigenvalue weighted by molar-refractivity contribution is 5.85. The monoisotopic (exact) mass is 354 g/mol. The number of alkyl halides is 3. The van der Waals surface area contributed by atoms with Gasteiger partial charge in [-0.05, 0) is 17.5 Å². The fourth-order valence-corrected chi connectivity index (χ4v) is 1.67. The predicted octanol–water partition coefficient (Wildman–Crippen LogP) is 3.00. The molecule has 0 aliphatic rings. The molecule has 1 amide bonds. The van der Waals surface area contributed by atoms with Crippen molar-refractivity contribution in [1.82, 2.24) is 5.32 Å². The standard InChI is InChI=1S/C15H21F3N2O2.ClH/c1-14(2,3)12(19)13(21)20-8-9-22-11-7-5-4-6-10(11)15(16,17)18;/h4-7,12H,8-9,19H2,1-3H3,(H,20,21);1H/t12-;/m1./s1. The van der Waals surface area contributed by atoms with Gasteiger partial charge in [0.1, 0.15) is 12.4 Å². The van der Waals surface area contributed by atoms with Crippen molar-refractivity contribution in [1.29, 1.82) is 0 Å². The maximum absolute atomic E-state index is 12.8. The first-order valence-electron chi connectivity index (χ1n) is 6.86. The van der Waals surface area contributed by atoms with Gasteiger partial charge >= 0.3 is 6.18 Å². The van der Waals surface area contributed by atoms with E-state index in [0.717, 1.165) is 6.07 Å². The molecule has 3 N–H and O–H groups in total. The van der Waals surface area contributed by atoms with Crippen LogP contribution in [0.15, 0.2) is 24.3 Å². The molecule has 0 radical (unpaired) electrons. The molecule has 132 valence electrons. The zero-order valence-electron chi connectivity index (χ0n) is 13.2. The molecule has 23 heavy (non-hydrogen) atoms. The van der Waals surface area contributed by atoms with Crippen LogP contribution in [0.3, 0.4) is 0 Å². The van der Waals surface area contributed by atoms with Crippen LogP contribution in [0.4, 0.5) is 13.2 Å². The van der Waals surface area contributed by atoms with Gasteiger partial charge in [0.2, 0.25) is 5.91 Å². The largest absolute Gasteiger partial charge is 0.491 e. The van der Waals surface area contributed by atoms with Crippen molar-refractivity contribution in [2.75, 3.05) is 13.2 Å². The van der Waals surface area contributed by atoms with Gasteiger partial charge in [-0.1, -0.05) is 32.9 Å². The molecule has 0 aliphatic heterocycles. The number of carbonyl (C=O) groups excluding carboxylic acids is 1. The smallest absolute Gasteiger partial charge is 0.419 e. The Hall–Kier alpha value is -1.47. The van der Waals surface area contributed by atoms with Crippen molar-refractivity contribution in [3.05, 3.63) is 29.8 Å². The summed E-state index contributed by atoms with van der Waals surface area (Å²) in [5.74, 6) is -0.621. The summed E-state index contributed by atoms with van der Waals surface area (Å²) in [6.45, 7) is 5.48. The van der Waals surface area contributed by atoms with Gasteiger partial charge in [0, 0.05) is 0 Å². The summed E-state index contributed by atoms with van der Waals surface area (Å²) in [4.78, 5) is 11.8. The molecule has 4 nitrogen and oxygen atoms in total. The molecule has 1 aromatic rings. The molecule has 1 atom stereocenters. The maximum Gasteiger partial charge on any atom is 0.419 e. The Morgan fingerprint density at radius 1 is 1.26 bits per heavy atom. The lowest BCUT2D eigenvalue weighted by atomic mass is 9.87. The first kappa shape index (κ1) is 21.5. The first-order chi connectivity index (χ1) is 10.0. The average Bonchev–Trinajstić information content (AvgIpc) is 2.40. The highest BCUT2D eigenvalue weighted by Gasteiger charge is 2.34. The average molecular weight is 355 g/mol. The Morgan fingerprint density at radius 2 is 1.83 bits per heavy atom. The summed E-state index contributed by atoms with van der Waals surface area (Å²) in [7, 11) is 0. The molecular weight excluding hydrogens is 333 g/mol. The van der Waals surface area contributed by atoms with Gasteiger partial charge in [0.05, 0.1) is 18.2 Å². The quantitative estimate of drug-likeness (QED) is 0.799. The predicted molar refractivity (Wildman–Crippen MR) is 84.6 cm³/mol. The summed E-state index contributed by atoms with van der Waals surface area (Å²) >= 11 is 0. The molecule has 1 aromatic carbocycles. The Balaban J connectivity index is 0.00000484. The minimum atomic E-state index is -4.48. The summed E-state index contributed by atoms with van der Waals surface area (Å²) in [6, 6.07) is 4.24.